The van der Waals surface area contributed by atoms with E-state index >= 15 is 0 Å². The second kappa shape index (κ2) is 9.59. The minimum absolute atomic E-state index is 0.0437. The molecule has 2 atom stereocenters. The quantitative estimate of drug-likeness (QED) is 0.667. The van der Waals surface area contributed by atoms with Crippen LogP contribution in [0, 0.1) is 17.6 Å². The average molecular weight is 459 g/mol. The lowest BCUT2D eigenvalue weighted by Gasteiger charge is -2.18. The van der Waals surface area contributed by atoms with E-state index in [0.717, 1.165) is 17.0 Å². The fourth-order valence-corrected chi connectivity index (χ4v) is 3.37. The number of aliphatic hydroxyl groups excluding tert-OH is 1. The van der Waals surface area contributed by atoms with Gasteiger partial charge in [0.2, 0.25) is 11.8 Å². The molecule has 1 fully saturated rings. The zero-order valence-corrected chi connectivity index (χ0v) is 17.1. The molecule has 2 amide bonds. The van der Waals surface area contributed by atoms with E-state index in [9.17, 15) is 23.5 Å². The van der Waals surface area contributed by atoms with E-state index in [2.05, 4.69) is 5.32 Å². The lowest BCUT2D eigenvalue weighted by molar-refractivity contribution is -0.126. The Bertz CT molecular complexity index is 960. The monoisotopic (exact) mass is 458 g/mol. The number of nitrogens with zero attached hydrogens (tertiary/aromatic N) is 1. The molecule has 160 valence electrons. The summed E-state index contributed by atoms with van der Waals surface area (Å²) in [5.74, 6) is -2.97. The second-order valence-corrected chi connectivity index (χ2v) is 7.55. The Balaban J connectivity index is 1.50. The molecular weight excluding hydrogens is 441 g/mol. The summed E-state index contributed by atoms with van der Waals surface area (Å²) in [6.45, 7) is -0.304. The van der Waals surface area contributed by atoms with Crippen molar-refractivity contribution in [3.05, 3.63) is 58.1 Å². The smallest absolute Gasteiger partial charge is 0.227 e. The largest absolute Gasteiger partial charge is 0.489 e. The number of ether oxygens (including phenoxy) is 1. The van der Waals surface area contributed by atoms with Crippen molar-refractivity contribution in [2.75, 3.05) is 24.6 Å². The Hall–Kier alpha value is -2.42. The Kier molecular flexibility index (Phi) is 7.12. The Morgan fingerprint density at radius 2 is 2.07 bits per heavy atom. The molecule has 0 radical (unpaired) electrons. The number of halogens is 4. The van der Waals surface area contributed by atoms with Crippen molar-refractivity contribution in [3.8, 4) is 5.75 Å². The van der Waals surface area contributed by atoms with Crippen LogP contribution in [0.3, 0.4) is 0 Å². The van der Waals surface area contributed by atoms with Gasteiger partial charge in [-0.1, -0.05) is 29.3 Å². The molecule has 1 aliphatic rings. The molecule has 0 aromatic heterocycles. The maximum Gasteiger partial charge on any atom is 0.227 e. The minimum Gasteiger partial charge on any atom is -0.489 e. The van der Waals surface area contributed by atoms with Crippen LogP contribution in [0.25, 0.3) is 0 Å². The maximum absolute atomic E-state index is 13.9. The number of carbonyl (C=O) groups is 2. The van der Waals surface area contributed by atoms with E-state index in [1.165, 1.54) is 0 Å². The molecule has 0 bridgehead atoms. The summed E-state index contributed by atoms with van der Waals surface area (Å²) in [5, 5.41) is 13.1. The molecule has 2 N–H and O–H groups in total. The van der Waals surface area contributed by atoms with Gasteiger partial charge in [0.25, 0.3) is 0 Å². The number of carbonyl (C=O) groups excluding carboxylic acids is 2. The molecule has 1 saturated heterocycles. The van der Waals surface area contributed by atoms with Crippen LogP contribution in [0.15, 0.2) is 36.4 Å². The van der Waals surface area contributed by atoms with Crippen LogP contribution >= 0.6 is 23.2 Å². The van der Waals surface area contributed by atoms with Crippen molar-refractivity contribution >= 4 is 40.7 Å². The van der Waals surface area contributed by atoms with Crippen LogP contribution in [0.4, 0.5) is 14.5 Å². The van der Waals surface area contributed by atoms with Crippen LogP contribution < -0.4 is 15.0 Å². The lowest BCUT2D eigenvalue weighted by Crippen LogP contribution is -2.39. The van der Waals surface area contributed by atoms with Crippen LogP contribution in [0.2, 0.25) is 10.0 Å². The van der Waals surface area contributed by atoms with Gasteiger partial charge >= 0.3 is 0 Å². The maximum atomic E-state index is 13.9. The number of aliphatic hydroxyl groups is 1. The first kappa shape index (κ1) is 22.3. The number of nitrogens with one attached hydrogen (secondary N) is 1. The van der Waals surface area contributed by atoms with E-state index in [0.29, 0.717) is 16.8 Å². The van der Waals surface area contributed by atoms with Gasteiger partial charge in [-0.3, -0.25) is 9.59 Å². The van der Waals surface area contributed by atoms with E-state index in [-0.39, 0.29) is 36.8 Å². The molecule has 2 aromatic rings. The molecule has 0 saturated carbocycles. The third-order valence-corrected chi connectivity index (χ3v) is 5.36. The van der Waals surface area contributed by atoms with Gasteiger partial charge in [-0.15, -0.1) is 0 Å². The summed E-state index contributed by atoms with van der Waals surface area (Å²) in [6, 6.07) is 7.71. The highest BCUT2D eigenvalue weighted by molar-refractivity contribution is 6.42. The summed E-state index contributed by atoms with van der Waals surface area (Å²) < 4.78 is 32.4. The molecule has 10 heteroatoms. The first-order chi connectivity index (χ1) is 14.3. The molecule has 0 aliphatic carbocycles. The molecule has 6 nitrogen and oxygen atoms in total. The predicted octanol–water partition coefficient (Wildman–Crippen LogP) is 3.18. The van der Waals surface area contributed by atoms with Gasteiger partial charge < -0.3 is 20.1 Å². The Morgan fingerprint density at radius 1 is 1.30 bits per heavy atom. The van der Waals surface area contributed by atoms with Gasteiger partial charge in [-0.2, -0.15) is 0 Å². The second-order valence-electron chi connectivity index (χ2n) is 6.76. The minimum atomic E-state index is -1.04. The van der Waals surface area contributed by atoms with Crippen molar-refractivity contribution in [1.82, 2.24) is 5.32 Å². The number of hydrogen-bond acceptors (Lipinski definition) is 4. The Labute approximate surface area is 181 Å². The van der Waals surface area contributed by atoms with Crippen LogP contribution in [0.1, 0.15) is 6.42 Å². The van der Waals surface area contributed by atoms with Crippen molar-refractivity contribution in [2.24, 2.45) is 5.92 Å². The van der Waals surface area contributed by atoms with Crippen molar-refractivity contribution in [3.63, 3.8) is 0 Å². The highest BCUT2D eigenvalue weighted by atomic mass is 35.5. The summed E-state index contributed by atoms with van der Waals surface area (Å²) in [5.41, 5.74) is -0.0801. The molecule has 1 heterocycles. The van der Waals surface area contributed by atoms with Gasteiger partial charge in [-0.25, -0.2) is 8.78 Å². The van der Waals surface area contributed by atoms with Crippen LogP contribution in [-0.2, 0) is 9.59 Å². The van der Waals surface area contributed by atoms with Crippen molar-refractivity contribution in [1.29, 1.82) is 0 Å². The molecule has 1 aliphatic heterocycles. The zero-order valence-electron chi connectivity index (χ0n) is 15.6. The predicted molar refractivity (Wildman–Crippen MR) is 108 cm³/mol. The van der Waals surface area contributed by atoms with Crippen molar-refractivity contribution in [2.45, 2.75) is 12.5 Å². The SMILES string of the molecule is O=C(NCC(O)COc1cccc(Cl)c1Cl)C1CC(=O)N(c2ccc(F)cc2F)C1. The number of hydrogen-bond donors (Lipinski definition) is 2. The molecule has 30 heavy (non-hydrogen) atoms. The van der Waals surface area contributed by atoms with E-state index < -0.39 is 35.5 Å². The van der Waals surface area contributed by atoms with Crippen LogP contribution in [-0.4, -0.2) is 42.7 Å². The Morgan fingerprint density at radius 3 is 2.80 bits per heavy atom. The molecule has 2 aromatic carbocycles. The fourth-order valence-electron chi connectivity index (χ4n) is 3.02. The molecular formula is C20H18Cl2F2N2O4. The lowest BCUT2D eigenvalue weighted by atomic mass is 10.1. The highest BCUT2D eigenvalue weighted by Crippen LogP contribution is 2.31. The van der Waals surface area contributed by atoms with Gasteiger partial charge in [0.05, 0.1) is 16.6 Å². The third kappa shape index (κ3) is 5.19. The number of benzene rings is 2. The summed E-state index contributed by atoms with van der Waals surface area (Å²) >= 11 is 11.9. The van der Waals surface area contributed by atoms with Gasteiger partial charge in [0.15, 0.2) is 0 Å². The van der Waals surface area contributed by atoms with Gasteiger partial charge in [0.1, 0.15) is 35.1 Å². The summed E-state index contributed by atoms with van der Waals surface area (Å²) in [6.07, 6.45) is -1.15. The van der Waals surface area contributed by atoms with Gasteiger partial charge in [0, 0.05) is 25.6 Å². The summed E-state index contributed by atoms with van der Waals surface area (Å²) in [4.78, 5) is 25.6. The summed E-state index contributed by atoms with van der Waals surface area (Å²) in [7, 11) is 0. The highest BCUT2D eigenvalue weighted by Gasteiger charge is 2.36. The van der Waals surface area contributed by atoms with E-state index in [1.807, 2.05) is 0 Å². The third-order valence-electron chi connectivity index (χ3n) is 4.56. The standard InChI is InChI=1S/C20H18Cl2F2N2O4/c21-14-2-1-3-17(19(14)22)30-10-13(27)8-25-20(29)11-6-18(28)26(9-11)16-5-4-12(23)7-15(16)24/h1-5,7,11,13,27H,6,8-10H2,(H,25,29). The molecule has 0 spiro atoms. The topological polar surface area (TPSA) is 78.9 Å². The zero-order chi connectivity index (χ0) is 21.8. The van der Waals surface area contributed by atoms with E-state index in [1.54, 1.807) is 18.2 Å². The first-order valence-electron chi connectivity index (χ1n) is 9.04. The van der Waals surface area contributed by atoms with E-state index in [4.69, 9.17) is 27.9 Å². The molecule has 3 rings (SSSR count). The average Bonchev–Trinajstić information content (AvgIpc) is 3.08. The van der Waals surface area contributed by atoms with Crippen LogP contribution in [0.5, 0.6) is 5.75 Å². The van der Waals surface area contributed by atoms with Crippen molar-refractivity contribution < 1.29 is 28.2 Å². The number of amides is 2. The number of anilines is 1. The normalized spacial score (nSPS) is 17.2. The van der Waals surface area contributed by atoms with Gasteiger partial charge in [-0.05, 0) is 24.3 Å². The number of rotatable bonds is 7. The first-order valence-corrected chi connectivity index (χ1v) is 9.80. The molecule has 2 unspecified atom stereocenters. The fraction of sp³-hybridized carbons (Fsp3) is 0.300.